The van der Waals surface area contributed by atoms with E-state index in [9.17, 15) is 9.59 Å². The molecule has 2 amide bonds. The number of hydrogen-bond acceptors (Lipinski definition) is 2. The molecule has 1 fully saturated rings. The van der Waals surface area contributed by atoms with E-state index >= 15 is 0 Å². The standard InChI is InChI=1S/C24H26N2O2/c27-23(11-16-9-10-16)26-14-19-7-3-4-8-21(19)22(15-26)24(28)25-20-12-17-5-1-2-6-18(17)13-20/h1-8,16,20,22H,9-15H2,(H,25,28). The third kappa shape index (κ3) is 3.44. The summed E-state index contributed by atoms with van der Waals surface area (Å²) in [7, 11) is 0. The van der Waals surface area contributed by atoms with Crippen molar-refractivity contribution in [2.24, 2.45) is 5.92 Å². The Morgan fingerprint density at radius 3 is 2.25 bits per heavy atom. The van der Waals surface area contributed by atoms with Crippen molar-refractivity contribution in [1.29, 1.82) is 0 Å². The predicted octanol–water partition coefficient (Wildman–Crippen LogP) is 3.20. The first kappa shape index (κ1) is 17.5. The molecule has 1 heterocycles. The van der Waals surface area contributed by atoms with Gasteiger partial charge in [-0.25, -0.2) is 0 Å². The van der Waals surface area contributed by atoms with Crippen LogP contribution in [-0.2, 0) is 29.0 Å². The van der Waals surface area contributed by atoms with Crippen LogP contribution in [0.5, 0.6) is 0 Å². The van der Waals surface area contributed by atoms with Gasteiger partial charge in [0.2, 0.25) is 11.8 Å². The van der Waals surface area contributed by atoms with Crippen LogP contribution in [0.1, 0.15) is 47.4 Å². The lowest BCUT2D eigenvalue weighted by atomic mass is 9.88. The van der Waals surface area contributed by atoms with Gasteiger partial charge in [0.1, 0.15) is 0 Å². The minimum Gasteiger partial charge on any atom is -0.352 e. The number of amides is 2. The predicted molar refractivity (Wildman–Crippen MR) is 108 cm³/mol. The molecule has 3 aliphatic rings. The fourth-order valence-electron chi connectivity index (χ4n) is 4.68. The van der Waals surface area contributed by atoms with E-state index in [1.54, 1.807) is 0 Å². The molecule has 0 spiro atoms. The zero-order valence-electron chi connectivity index (χ0n) is 16.1. The van der Waals surface area contributed by atoms with Crippen LogP contribution in [0.15, 0.2) is 48.5 Å². The van der Waals surface area contributed by atoms with Crippen molar-refractivity contribution in [2.45, 2.75) is 50.6 Å². The van der Waals surface area contributed by atoms with Crippen molar-refractivity contribution < 1.29 is 9.59 Å². The lowest BCUT2D eigenvalue weighted by Gasteiger charge is -2.34. The molecule has 2 aromatic rings. The third-order valence-corrected chi connectivity index (χ3v) is 6.42. The summed E-state index contributed by atoms with van der Waals surface area (Å²) in [6, 6.07) is 16.7. The Morgan fingerprint density at radius 2 is 1.57 bits per heavy atom. The Hall–Kier alpha value is -2.62. The second-order valence-electron chi connectivity index (χ2n) is 8.56. The number of nitrogens with one attached hydrogen (secondary N) is 1. The van der Waals surface area contributed by atoms with Crippen molar-refractivity contribution in [1.82, 2.24) is 10.2 Å². The molecule has 0 aromatic heterocycles. The lowest BCUT2D eigenvalue weighted by molar-refractivity contribution is -0.134. The number of rotatable bonds is 4. The highest BCUT2D eigenvalue weighted by molar-refractivity contribution is 5.87. The Kier molecular flexibility index (Phi) is 4.42. The maximum absolute atomic E-state index is 13.2. The zero-order chi connectivity index (χ0) is 19.1. The largest absolute Gasteiger partial charge is 0.352 e. The SMILES string of the molecule is O=C(NC1Cc2ccccc2C1)C1CN(C(=O)CC2CC2)Cc2ccccc21. The summed E-state index contributed by atoms with van der Waals surface area (Å²) < 4.78 is 0. The van der Waals surface area contributed by atoms with Crippen LogP contribution in [0.3, 0.4) is 0 Å². The van der Waals surface area contributed by atoms with Crippen molar-refractivity contribution in [2.75, 3.05) is 6.54 Å². The van der Waals surface area contributed by atoms with Crippen LogP contribution in [-0.4, -0.2) is 29.3 Å². The minimum atomic E-state index is -0.281. The summed E-state index contributed by atoms with van der Waals surface area (Å²) in [5, 5.41) is 3.27. The molecular formula is C24H26N2O2. The fourth-order valence-corrected chi connectivity index (χ4v) is 4.68. The minimum absolute atomic E-state index is 0.0502. The van der Waals surface area contributed by atoms with Gasteiger partial charge in [-0.3, -0.25) is 9.59 Å². The van der Waals surface area contributed by atoms with Crippen molar-refractivity contribution >= 4 is 11.8 Å². The van der Waals surface area contributed by atoms with Crippen LogP contribution < -0.4 is 5.32 Å². The molecule has 0 radical (unpaired) electrons. The average Bonchev–Trinajstić information content (AvgIpc) is 3.43. The molecule has 1 N–H and O–H groups in total. The third-order valence-electron chi connectivity index (χ3n) is 6.42. The summed E-state index contributed by atoms with van der Waals surface area (Å²) in [5.41, 5.74) is 4.84. The van der Waals surface area contributed by atoms with E-state index in [4.69, 9.17) is 0 Å². The summed E-state index contributed by atoms with van der Waals surface area (Å²) in [6.07, 6.45) is 4.75. The molecular weight excluding hydrogens is 348 g/mol. The maximum Gasteiger partial charge on any atom is 0.229 e. The highest BCUT2D eigenvalue weighted by Gasteiger charge is 2.35. The quantitative estimate of drug-likeness (QED) is 0.893. The second-order valence-corrected chi connectivity index (χ2v) is 8.56. The molecule has 1 atom stereocenters. The monoisotopic (exact) mass is 374 g/mol. The Morgan fingerprint density at radius 1 is 0.929 bits per heavy atom. The zero-order valence-corrected chi connectivity index (χ0v) is 16.1. The molecule has 5 rings (SSSR count). The van der Waals surface area contributed by atoms with Crippen molar-refractivity contribution in [3.8, 4) is 0 Å². The van der Waals surface area contributed by atoms with E-state index in [2.05, 4.69) is 35.6 Å². The van der Waals surface area contributed by atoms with Crippen LogP contribution in [0.4, 0.5) is 0 Å². The van der Waals surface area contributed by atoms with E-state index < -0.39 is 0 Å². The fraction of sp³-hybridized carbons (Fsp3) is 0.417. The van der Waals surface area contributed by atoms with Crippen LogP contribution >= 0.6 is 0 Å². The number of benzene rings is 2. The molecule has 144 valence electrons. The summed E-state index contributed by atoms with van der Waals surface area (Å²) in [4.78, 5) is 27.8. The maximum atomic E-state index is 13.2. The van der Waals surface area contributed by atoms with E-state index in [0.717, 1.165) is 24.0 Å². The molecule has 4 nitrogen and oxygen atoms in total. The van der Waals surface area contributed by atoms with Gasteiger partial charge in [0.05, 0.1) is 5.92 Å². The molecule has 2 aliphatic carbocycles. The van der Waals surface area contributed by atoms with Gasteiger partial charge in [-0.05, 0) is 53.9 Å². The summed E-state index contributed by atoms with van der Waals surface area (Å²) >= 11 is 0. The second kappa shape index (κ2) is 7.08. The van der Waals surface area contributed by atoms with Crippen LogP contribution in [0.2, 0.25) is 0 Å². The molecule has 1 saturated carbocycles. The van der Waals surface area contributed by atoms with Gasteiger partial charge in [-0.1, -0.05) is 48.5 Å². The normalized spacial score (nSPS) is 21.1. The first-order valence-electron chi connectivity index (χ1n) is 10.4. The Balaban J connectivity index is 1.32. The number of carbonyl (C=O) groups excluding carboxylic acids is 2. The van der Waals surface area contributed by atoms with Gasteiger partial charge in [0, 0.05) is 25.6 Å². The number of hydrogen-bond donors (Lipinski definition) is 1. The van der Waals surface area contributed by atoms with E-state index in [1.165, 1.54) is 24.0 Å². The highest BCUT2D eigenvalue weighted by Crippen LogP contribution is 2.35. The van der Waals surface area contributed by atoms with Crippen molar-refractivity contribution in [3.63, 3.8) is 0 Å². The van der Waals surface area contributed by atoms with E-state index in [-0.39, 0.29) is 23.8 Å². The summed E-state index contributed by atoms with van der Waals surface area (Å²) in [6.45, 7) is 1.12. The average molecular weight is 374 g/mol. The molecule has 0 bridgehead atoms. The highest BCUT2D eigenvalue weighted by atomic mass is 16.2. The van der Waals surface area contributed by atoms with Gasteiger partial charge < -0.3 is 10.2 Å². The van der Waals surface area contributed by atoms with Gasteiger partial charge in [-0.15, -0.1) is 0 Å². The topological polar surface area (TPSA) is 49.4 Å². The molecule has 4 heteroatoms. The molecule has 28 heavy (non-hydrogen) atoms. The van der Waals surface area contributed by atoms with Crippen molar-refractivity contribution in [3.05, 3.63) is 70.8 Å². The summed E-state index contributed by atoms with van der Waals surface area (Å²) in [5.74, 6) is 0.531. The Labute approximate surface area is 165 Å². The number of carbonyl (C=O) groups is 2. The van der Waals surface area contributed by atoms with Gasteiger partial charge in [0.25, 0.3) is 0 Å². The number of fused-ring (bicyclic) bond motifs is 2. The van der Waals surface area contributed by atoms with Crippen LogP contribution in [0, 0.1) is 5.92 Å². The van der Waals surface area contributed by atoms with E-state index in [1.807, 2.05) is 23.1 Å². The van der Waals surface area contributed by atoms with Gasteiger partial charge in [0.15, 0.2) is 0 Å². The number of nitrogens with zero attached hydrogens (tertiary/aromatic N) is 1. The smallest absolute Gasteiger partial charge is 0.229 e. The van der Waals surface area contributed by atoms with Gasteiger partial charge in [-0.2, -0.15) is 0 Å². The first-order valence-corrected chi connectivity index (χ1v) is 10.4. The van der Waals surface area contributed by atoms with E-state index in [0.29, 0.717) is 25.4 Å². The van der Waals surface area contributed by atoms with Gasteiger partial charge >= 0.3 is 0 Å². The molecule has 1 unspecified atom stereocenters. The molecule has 0 saturated heterocycles. The molecule has 2 aromatic carbocycles. The lowest BCUT2D eigenvalue weighted by Crippen LogP contribution is -2.46. The van der Waals surface area contributed by atoms with Crippen LogP contribution in [0.25, 0.3) is 0 Å². The molecule has 1 aliphatic heterocycles. The first-order chi connectivity index (χ1) is 13.7. The Bertz CT molecular complexity index is 893.